The zero-order chi connectivity index (χ0) is 23.7. The lowest BCUT2D eigenvalue weighted by Gasteiger charge is -2.39. The van der Waals surface area contributed by atoms with Gasteiger partial charge in [-0.1, -0.05) is 53.9 Å². The van der Waals surface area contributed by atoms with Crippen LogP contribution in [0.4, 0.5) is 11.4 Å². The molecule has 33 heavy (non-hydrogen) atoms. The van der Waals surface area contributed by atoms with Crippen LogP contribution >= 0.6 is 34.8 Å². The molecule has 3 aromatic carbocycles. The van der Waals surface area contributed by atoms with E-state index in [2.05, 4.69) is 17.6 Å². The van der Waals surface area contributed by atoms with Gasteiger partial charge in [0.05, 0.1) is 21.2 Å². The van der Waals surface area contributed by atoms with Crippen molar-refractivity contribution in [2.75, 3.05) is 23.8 Å². The monoisotopic (exact) mass is 501 g/mol. The molecule has 0 aliphatic carbocycles. The molecule has 2 unspecified atom stereocenters. The molecule has 5 nitrogen and oxygen atoms in total. The van der Waals surface area contributed by atoms with E-state index in [-0.39, 0.29) is 28.8 Å². The zero-order valence-corrected chi connectivity index (χ0v) is 20.3. The molecule has 2 amide bonds. The first kappa shape index (κ1) is 23.6. The Morgan fingerprint density at radius 3 is 2.39 bits per heavy atom. The number of carbonyl (C=O) groups excluding carboxylic acids is 2. The number of nitrogens with one attached hydrogen (secondary N) is 2. The number of amides is 2. The fourth-order valence-electron chi connectivity index (χ4n) is 4.21. The van der Waals surface area contributed by atoms with Crippen LogP contribution in [-0.2, 0) is 0 Å². The predicted octanol–water partition coefficient (Wildman–Crippen LogP) is 6.46. The normalized spacial score (nSPS) is 17.4. The summed E-state index contributed by atoms with van der Waals surface area (Å²) in [5, 5.41) is 7.31. The van der Waals surface area contributed by atoms with E-state index in [4.69, 9.17) is 34.8 Å². The number of carbonyl (C=O) groups is 2. The third-order valence-corrected chi connectivity index (χ3v) is 6.66. The van der Waals surface area contributed by atoms with Crippen molar-refractivity contribution in [2.24, 2.45) is 5.92 Å². The Kier molecular flexibility index (Phi) is 6.96. The Balaban J connectivity index is 1.60. The Morgan fingerprint density at radius 2 is 1.70 bits per heavy atom. The Labute approximate surface area is 207 Å². The molecule has 1 heterocycles. The van der Waals surface area contributed by atoms with Crippen LogP contribution < -0.4 is 15.5 Å². The van der Waals surface area contributed by atoms with E-state index in [0.29, 0.717) is 33.4 Å². The summed E-state index contributed by atoms with van der Waals surface area (Å²) in [4.78, 5) is 27.8. The van der Waals surface area contributed by atoms with Crippen molar-refractivity contribution in [1.82, 2.24) is 5.32 Å². The summed E-state index contributed by atoms with van der Waals surface area (Å²) in [6, 6.07) is 17.2. The van der Waals surface area contributed by atoms with Crippen LogP contribution in [0, 0.1) is 5.92 Å². The van der Waals surface area contributed by atoms with E-state index in [0.717, 1.165) is 11.3 Å². The van der Waals surface area contributed by atoms with Gasteiger partial charge in [-0.25, -0.2) is 0 Å². The zero-order valence-electron chi connectivity index (χ0n) is 18.0. The fraction of sp³-hybridized carbons (Fsp3) is 0.200. The predicted molar refractivity (Wildman–Crippen MR) is 135 cm³/mol. The third kappa shape index (κ3) is 4.73. The first-order valence-corrected chi connectivity index (χ1v) is 11.6. The highest BCUT2D eigenvalue weighted by Crippen LogP contribution is 2.39. The number of hydrogen-bond donors (Lipinski definition) is 2. The Hall–Kier alpha value is -2.57. The average molecular weight is 503 g/mol. The van der Waals surface area contributed by atoms with E-state index in [1.54, 1.807) is 53.4 Å². The molecular weight excluding hydrogens is 481 g/mol. The third-order valence-electron chi connectivity index (χ3n) is 5.79. The second-order valence-corrected chi connectivity index (χ2v) is 9.24. The Morgan fingerprint density at radius 1 is 0.939 bits per heavy atom. The van der Waals surface area contributed by atoms with Crippen molar-refractivity contribution >= 4 is 58.0 Å². The van der Waals surface area contributed by atoms with Crippen molar-refractivity contribution in [1.29, 1.82) is 0 Å². The molecule has 0 aromatic heterocycles. The molecule has 0 spiro atoms. The van der Waals surface area contributed by atoms with Gasteiger partial charge in [0.25, 0.3) is 11.8 Å². The van der Waals surface area contributed by atoms with Crippen molar-refractivity contribution in [3.63, 3.8) is 0 Å². The van der Waals surface area contributed by atoms with Gasteiger partial charge < -0.3 is 15.5 Å². The van der Waals surface area contributed by atoms with E-state index >= 15 is 0 Å². The number of nitrogens with zero attached hydrogens (tertiary/aromatic N) is 1. The van der Waals surface area contributed by atoms with Crippen LogP contribution in [0.2, 0.25) is 15.1 Å². The standard InChI is InChI=1S/C25H22Cl3N3O2/c1-14-13-31(22-10-7-15(26)11-19(22)23(14)29-2)25(33)18-9-8-16(12-21(18)28)30-24(32)17-5-3-4-6-20(17)27/h3-12,14,23,29H,13H2,1-2H3,(H,30,32). The number of halogens is 3. The minimum absolute atomic E-state index is 0.0839. The molecule has 3 aromatic rings. The van der Waals surface area contributed by atoms with Gasteiger partial charge in [0.1, 0.15) is 0 Å². The van der Waals surface area contributed by atoms with Crippen LogP contribution in [0.15, 0.2) is 60.7 Å². The number of anilines is 2. The SMILES string of the molecule is CNC1c2cc(Cl)ccc2N(C(=O)c2ccc(NC(=O)c3ccccc3Cl)cc2Cl)CC1C. The van der Waals surface area contributed by atoms with Crippen molar-refractivity contribution < 1.29 is 9.59 Å². The minimum Gasteiger partial charge on any atom is -0.322 e. The van der Waals surface area contributed by atoms with Crippen molar-refractivity contribution in [3.05, 3.63) is 92.4 Å². The van der Waals surface area contributed by atoms with Gasteiger partial charge >= 0.3 is 0 Å². The lowest BCUT2D eigenvalue weighted by molar-refractivity contribution is 0.0977. The van der Waals surface area contributed by atoms with Crippen LogP contribution in [-0.4, -0.2) is 25.4 Å². The molecule has 1 aliphatic rings. The molecule has 8 heteroatoms. The lowest BCUT2D eigenvalue weighted by atomic mass is 9.88. The summed E-state index contributed by atoms with van der Waals surface area (Å²) in [5.74, 6) is -0.406. The smallest absolute Gasteiger partial charge is 0.259 e. The van der Waals surface area contributed by atoms with Crippen molar-refractivity contribution in [2.45, 2.75) is 13.0 Å². The molecule has 1 aliphatic heterocycles. The molecule has 0 saturated carbocycles. The fourth-order valence-corrected chi connectivity index (χ4v) is 4.87. The molecule has 0 bridgehead atoms. The molecule has 4 rings (SSSR count). The summed E-state index contributed by atoms with van der Waals surface area (Å²) < 4.78 is 0. The summed E-state index contributed by atoms with van der Waals surface area (Å²) >= 11 is 18.8. The summed E-state index contributed by atoms with van der Waals surface area (Å²) in [5.41, 5.74) is 2.94. The highest BCUT2D eigenvalue weighted by atomic mass is 35.5. The molecule has 0 fully saturated rings. The van der Waals surface area contributed by atoms with Gasteiger partial charge in [-0.3, -0.25) is 9.59 Å². The van der Waals surface area contributed by atoms with E-state index in [9.17, 15) is 9.59 Å². The number of hydrogen-bond acceptors (Lipinski definition) is 3. The van der Waals surface area contributed by atoms with E-state index in [1.807, 2.05) is 19.2 Å². The molecule has 2 atom stereocenters. The van der Waals surface area contributed by atoms with E-state index < -0.39 is 0 Å². The molecule has 2 N–H and O–H groups in total. The highest BCUT2D eigenvalue weighted by molar-refractivity contribution is 6.35. The number of rotatable bonds is 4. The van der Waals surface area contributed by atoms with E-state index in [1.165, 1.54) is 0 Å². The maximum atomic E-state index is 13.5. The second kappa shape index (κ2) is 9.74. The second-order valence-electron chi connectivity index (χ2n) is 7.99. The van der Waals surface area contributed by atoms with Crippen LogP contribution in [0.25, 0.3) is 0 Å². The lowest BCUT2D eigenvalue weighted by Crippen LogP contribution is -2.43. The summed E-state index contributed by atoms with van der Waals surface area (Å²) in [6.45, 7) is 2.61. The van der Waals surface area contributed by atoms with Gasteiger partial charge in [-0.05, 0) is 67.1 Å². The van der Waals surface area contributed by atoms with Gasteiger partial charge in [0, 0.05) is 29.0 Å². The first-order valence-electron chi connectivity index (χ1n) is 10.4. The average Bonchev–Trinajstić information content (AvgIpc) is 2.78. The molecular formula is C25H22Cl3N3O2. The first-order chi connectivity index (χ1) is 15.8. The number of fused-ring (bicyclic) bond motifs is 1. The highest BCUT2D eigenvalue weighted by Gasteiger charge is 2.34. The van der Waals surface area contributed by atoms with Gasteiger partial charge in [-0.2, -0.15) is 0 Å². The largest absolute Gasteiger partial charge is 0.322 e. The van der Waals surface area contributed by atoms with Gasteiger partial charge in [0.2, 0.25) is 0 Å². The molecule has 0 radical (unpaired) electrons. The maximum absolute atomic E-state index is 13.5. The number of benzene rings is 3. The van der Waals surface area contributed by atoms with Crippen molar-refractivity contribution in [3.8, 4) is 0 Å². The molecule has 170 valence electrons. The maximum Gasteiger partial charge on any atom is 0.259 e. The summed E-state index contributed by atoms with van der Waals surface area (Å²) in [6.07, 6.45) is 0. The molecule has 0 saturated heterocycles. The topological polar surface area (TPSA) is 61.4 Å². The van der Waals surface area contributed by atoms with Gasteiger partial charge in [0.15, 0.2) is 0 Å². The van der Waals surface area contributed by atoms with Gasteiger partial charge in [-0.15, -0.1) is 0 Å². The quantitative estimate of drug-likeness (QED) is 0.430. The van der Waals surface area contributed by atoms with Crippen LogP contribution in [0.3, 0.4) is 0 Å². The Bertz CT molecular complexity index is 1230. The van der Waals surface area contributed by atoms with Crippen LogP contribution in [0.1, 0.15) is 39.2 Å². The summed E-state index contributed by atoms with van der Waals surface area (Å²) in [7, 11) is 1.90. The minimum atomic E-state index is -0.357. The van der Waals surface area contributed by atoms with Crippen LogP contribution in [0.5, 0.6) is 0 Å².